The van der Waals surface area contributed by atoms with Gasteiger partial charge in [0.05, 0.1) is 6.42 Å². The largest absolute Gasteiger partial charge is 0.355 e. The predicted octanol–water partition coefficient (Wildman–Crippen LogP) is 1.00. The average Bonchev–Trinajstić information content (AvgIpc) is 3.05. The molecular formula is C16H17F2N3O3. The van der Waals surface area contributed by atoms with Gasteiger partial charge in [0, 0.05) is 18.0 Å². The lowest BCUT2D eigenvalue weighted by atomic mass is 9.87. The van der Waals surface area contributed by atoms with E-state index in [1.165, 1.54) is 6.07 Å². The number of halogens is 2. The third-order valence-electron chi connectivity index (χ3n) is 4.73. The van der Waals surface area contributed by atoms with Gasteiger partial charge in [-0.1, -0.05) is 12.5 Å². The lowest BCUT2D eigenvalue weighted by Crippen LogP contribution is -2.53. The van der Waals surface area contributed by atoms with Crippen LogP contribution in [0.5, 0.6) is 0 Å². The van der Waals surface area contributed by atoms with Crippen LogP contribution in [0.2, 0.25) is 0 Å². The van der Waals surface area contributed by atoms with Crippen LogP contribution in [0.25, 0.3) is 0 Å². The van der Waals surface area contributed by atoms with E-state index in [2.05, 4.69) is 16.0 Å². The molecule has 1 aliphatic carbocycles. The molecule has 1 aromatic carbocycles. The Hall–Kier alpha value is -2.51. The molecule has 0 aromatic heterocycles. The first-order valence-electron chi connectivity index (χ1n) is 7.75. The molecule has 8 heteroatoms. The van der Waals surface area contributed by atoms with Crippen molar-refractivity contribution in [2.45, 2.75) is 31.2 Å². The summed E-state index contributed by atoms with van der Waals surface area (Å²) < 4.78 is 27.1. The number of hydrogen-bond acceptors (Lipinski definition) is 3. The van der Waals surface area contributed by atoms with Crippen molar-refractivity contribution in [1.29, 1.82) is 0 Å². The second-order valence-corrected chi connectivity index (χ2v) is 6.15. The van der Waals surface area contributed by atoms with Crippen LogP contribution in [0.1, 0.15) is 24.8 Å². The number of imide groups is 1. The molecule has 2 aliphatic rings. The molecule has 3 N–H and O–H groups in total. The molecule has 128 valence electrons. The highest BCUT2D eigenvalue weighted by molar-refractivity contribution is 6.07. The Kier molecular flexibility index (Phi) is 4.21. The normalized spacial score (nSPS) is 25.7. The van der Waals surface area contributed by atoms with E-state index >= 15 is 0 Å². The molecule has 0 radical (unpaired) electrons. The van der Waals surface area contributed by atoms with Crippen LogP contribution in [0.15, 0.2) is 18.2 Å². The van der Waals surface area contributed by atoms with E-state index < -0.39 is 35.5 Å². The highest BCUT2D eigenvalue weighted by Crippen LogP contribution is 2.37. The minimum absolute atomic E-state index is 0.155. The van der Waals surface area contributed by atoms with Gasteiger partial charge in [-0.25, -0.2) is 13.6 Å². The molecule has 0 bridgehead atoms. The molecule has 2 fully saturated rings. The van der Waals surface area contributed by atoms with Gasteiger partial charge in [-0.15, -0.1) is 0 Å². The quantitative estimate of drug-likeness (QED) is 0.717. The van der Waals surface area contributed by atoms with Gasteiger partial charge in [-0.3, -0.25) is 14.9 Å². The van der Waals surface area contributed by atoms with Crippen molar-refractivity contribution in [2.75, 3.05) is 6.54 Å². The SMILES string of the molecule is O=C(Cc1c(F)cccc1F)NC[C@@H]1CCC[C@]12NC(=O)NC2=O. The number of benzene rings is 1. The van der Waals surface area contributed by atoms with Gasteiger partial charge in [-0.2, -0.15) is 0 Å². The standard InChI is InChI=1S/C16H17F2N3O3/c17-11-4-1-5-12(18)10(11)7-13(22)19-8-9-3-2-6-16(9)14(23)20-15(24)21-16/h1,4-5,9H,2-3,6-8H2,(H,19,22)(H2,20,21,23,24)/t9-,16-/m0/s1. The molecule has 1 heterocycles. The fourth-order valence-corrected chi connectivity index (χ4v) is 3.48. The number of nitrogens with one attached hydrogen (secondary N) is 3. The van der Waals surface area contributed by atoms with Crippen molar-refractivity contribution in [1.82, 2.24) is 16.0 Å². The summed E-state index contributed by atoms with van der Waals surface area (Å²) in [6.07, 6.45) is 1.50. The molecule has 24 heavy (non-hydrogen) atoms. The smallest absolute Gasteiger partial charge is 0.322 e. The van der Waals surface area contributed by atoms with Crippen LogP contribution < -0.4 is 16.0 Å². The van der Waals surface area contributed by atoms with Gasteiger partial charge in [0.1, 0.15) is 17.2 Å². The fraction of sp³-hybridized carbons (Fsp3) is 0.438. The molecule has 1 saturated heterocycles. The predicted molar refractivity (Wildman–Crippen MR) is 79.8 cm³/mol. The van der Waals surface area contributed by atoms with E-state index in [4.69, 9.17) is 0 Å². The summed E-state index contributed by atoms with van der Waals surface area (Å²) in [5.41, 5.74) is -1.28. The zero-order chi connectivity index (χ0) is 17.3. The molecule has 1 spiro atoms. The number of rotatable bonds is 4. The van der Waals surface area contributed by atoms with Gasteiger partial charge in [-0.05, 0) is 25.0 Å². The van der Waals surface area contributed by atoms with Crippen LogP contribution in [0.4, 0.5) is 13.6 Å². The Bertz CT molecular complexity index is 690. The topological polar surface area (TPSA) is 87.3 Å². The Morgan fingerprint density at radius 3 is 2.62 bits per heavy atom. The molecule has 6 nitrogen and oxygen atoms in total. The lowest BCUT2D eigenvalue weighted by molar-refractivity contribution is -0.126. The van der Waals surface area contributed by atoms with Crippen LogP contribution >= 0.6 is 0 Å². The number of amides is 4. The number of hydrogen-bond donors (Lipinski definition) is 3. The second kappa shape index (κ2) is 6.18. The maximum absolute atomic E-state index is 13.6. The van der Waals surface area contributed by atoms with E-state index in [1.54, 1.807) is 0 Å². The third-order valence-corrected chi connectivity index (χ3v) is 4.73. The van der Waals surface area contributed by atoms with E-state index in [1.807, 2.05) is 0 Å². The van der Waals surface area contributed by atoms with Crippen LogP contribution in [0, 0.1) is 17.6 Å². The molecule has 1 aromatic rings. The van der Waals surface area contributed by atoms with Gasteiger partial charge in [0.15, 0.2) is 0 Å². The van der Waals surface area contributed by atoms with E-state index in [-0.39, 0.29) is 23.9 Å². The van der Waals surface area contributed by atoms with Gasteiger partial charge >= 0.3 is 6.03 Å². The minimum atomic E-state index is -0.992. The van der Waals surface area contributed by atoms with E-state index in [0.29, 0.717) is 12.8 Å². The molecule has 3 rings (SSSR count). The first kappa shape index (κ1) is 16.4. The monoisotopic (exact) mass is 337 g/mol. The van der Waals surface area contributed by atoms with Crippen molar-refractivity contribution in [3.8, 4) is 0 Å². The molecule has 2 atom stereocenters. The van der Waals surface area contributed by atoms with E-state index in [0.717, 1.165) is 18.6 Å². The van der Waals surface area contributed by atoms with Crippen LogP contribution in [-0.4, -0.2) is 29.9 Å². The van der Waals surface area contributed by atoms with Crippen molar-refractivity contribution >= 4 is 17.8 Å². The summed E-state index contributed by atoms with van der Waals surface area (Å²) in [7, 11) is 0. The van der Waals surface area contributed by atoms with Gasteiger partial charge in [0.2, 0.25) is 5.91 Å². The molecular weight excluding hydrogens is 320 g/mol. The summed E-state index contributed by atoms with van der Waals surface area (Å²) in [6, 6.07) is 2.88. The van der Waals surface area contributed by atoms with Crippen molar-refractivity contribution in [3.63, 3.8) is 0 Å². The first-order chi connectivity index (χ1) is 11.4. The Balaban J connectivity index is 1.62. The Morgan fingerprint density at radius 1 is 1.29 bits per heavy atom. The summed E-state index contributed by atoms with van der Waals surface area (Å²) in [6.45, 7) is 0.155. The average molecular weight is 337 g/mol. The summed E-state index contributed by atoms with van der Waals surface area (Å²) in [5.74, 6) is -2.72. The minimum Gasteiger partial charge on any atom is -0.355 e. The zero-order valence-electron chi connectivity index (χ0n) is 12.8. The summed E-state index contributed by atoms with van der Waals surface area (Å²) >= 11 is 0. The number of urea groups is 1. The van der Waals surface area contributed by atoms with Crippen molar-refractivity contribution < 1.29 is 23.2 Å². The van der Waals surface area contributed by atoms with E-state index in [9.17, 15) is 23.2 Å². The summed E-state index contributed by atoms with van der Waals surface area (Å²) in [5, 5.41) is 7.48. The molecule has 0 unspecified atom stereocenters. The summed E-state index contributed by atoms with van der Waals surface area (Å²) in [4.78, 5) is 35.4. The molecule has 1 saturated carbocycles. The Labute approximate surface area is 137 Å². The number of carbonyl (C=O) groups excluding carboxylic acids is 3. The highest BCUT2D eigenvalue weighted by atomic mass is 19.1. The highest BCUT2D eigenvalue weighted by Gasteiger charge is 2.54. The third kappa shape index (κ3) is 2.83. The number of carbonyl (C=O) groups is 3. The maximum atomic E-state index is 13.6. The molecule has 4 amide bonds. The maximum Gasteiger partial charge on any atom is 0.322 e. The van der Waals surface area contributed by atoms with Gasteiger partial charge in [0.25, 0.3) is 5.91 Å². The zero-order valence-corrected chi connectivity index (χ0v) is 12.8. The first-order valence-corrected chi connectivity index (χ1v) is 7.75. The van der Waals surface area contributed by atoms with Crippen molar-refractivity contribution in [3.05, 3.63) is 35.4 Å². The Morgan fingerprint density at radius 2 is 2.00 bits per heavy atom. The lowest BCUT2D eigenvalue weighted by Gasteiger charge is -2.28. The molecule has 1 aliphatic heterocycles. The van der Waals surface area contributed by atoms with Crippen molar-refractivity contribution in [2.24, 2.45) is 5.92 Å². The fourth-order valence-electron chi connectivity index (χ4n) is 3.48. The van der Waals surface area contributed by atoms with Crippen LogP contribution in [0.3, 0.4) is 0 Å². The second-order valence-electron chi connectivity index (χ2n) is 6.15. The van der Waals surface area contributed by atoms with Gasteiger partial charge < -0.3 is 10.6 Å². The van der Waals surface area contributed by atoms with Crippen LogP contribution in [-0.2, 0) is 16.0 Å².